The van der Waals surface area contributed by atoms with Crippen molar-refractivity contribution < 1.29 is 4.79 Å². The number of aryl methyl sites for hydroxylation is 1. The van der Waals surface area contributed by atoms with Gasteiger partial charge < -0.3 is 16.0 Å². The quantitative estimate of drug-likeness (QED) is 0.323. The summed E-state index contributed by atoms with van der Waals surface area (Å²) in [5.74, 6) is 1.77. The summed E-state index contributed by atoms with van der Waals surface area (Å²) in [6.07, 6.45) is 2.92. The van der Waals surface area contributed by atoms with Crippen molar-refractivity contribution in [3.8, 4) is 0 Å². The van der Waals surface area contributed by atoms with Crippen LogP contribution >= 0.6 is 11.3 Å². The van der Waals surface area contributed by atoms with Crippen LogP contribution in [0.4, 0.5) is 22.5 Å². The van der Waals surface area contributed by atoms with Gasteiger partial charge >= 0.3 is 0 Å². The molecular weight excluding hydrogens is 482 g/mol. The molecule has 9 heteroatoms. The summed E-state index contributed by atoms with van der Waals surface area (Å²) >= 11 is 1.51. The molecule has 4 aromatic rings. The Labute approximate surface area is 221 Å². The van der Waals surface area contributed by atoms with Crippen molar-refractivity contribution in [3.05, 3.63) is 65.9 Å². The highest BCUT2D eigenvalue weighted by Gasteiger charge is 2.32. The number of fused-ring (bicyclic) bond motifs is 1. The predicted octanol–water partition coefficient (Wildman–Crippen LogP) is 4.92. The van der Waals surface area contributed by atoms with Crippen LogP contribution < -0.4 is 15.5 Å². The van der Waals surface area contributed by atoms with Gasteiger partial charge in [0.15, 0.2) is 9.96 Å². The molecule has 0 radical (unpaired) electrons. The fourth-order valence-corrected chi connectivity index (χ4v) is 5.88. The van der Waals surface area contributed by atoms with E-state index in [0.29, 0.717) is 23.3 Å². The molecule has 37 heavy (non-hydrogen) atoms. The zero-order valence-electron chi connectivity index (χ0n) is 21.6. The van der Waals surface area contributed by atoms with Crippen LogP contribution in [0.15, 0.2) is 54.7 Å². The van der Waals surface area contributed by atoms with E-state index in [0.717, 1.165) is 52.9 Å². The highest BCUT2D eigenvalue weighted by molar-refractivity contribution is 7.21. The topological polar surface area (TPSA) is 97.0 Å². The van der Waals surface area contributed by atoms with E-state index in [1.807, 2.05) is 17.0 Å². The van der Waals surface area contributed by atoms with E-state index in [1.54, 1.807) is 6.20 Å². The number of nitrogens with one attached hydrogen (secondary N) is 1. The molecular formula is C28H34N7OS+. The molecule has 1 atom stereocenters. The number of anilines is 2. The SMILES string of the molecule is CC[N+](CC)(c1ccc(C)cc1)c1ccc2nc(Nc3cc(CC(=O)N4CC[C@H](N)C4)ccn3)sc2n1. The van der Waals surface area contributed by atoms with E-state index in [1.165, 1.54) is 22.6 Å². The highest BCUT2D eigenvalue weighted by atomic mass is 32.1. The highest BCUT2D eigenvalue weighted by Crippen LogP contribution is 2.36. The summed E-state index contributed by atoms with van der Waals surface area (Å²) in [5, 5.41) is 4.04. The number of rotatable bonds is 8. The summed E-state index contributed by atoms with van der Waals surface area (Å²) in [6, 6.07) is 16.7. The molecule has 3 aromatic heterocycles. The lowest BCUT2D eigenvalue weighted by molar-refractivity contribution is -0.129. The van der Waals surface area contributed by atoms with Crippen molar-refractivity contribution in [2.45, 2.75) is 39.7 Å². The van der Waals surface area contributed by atoms with E-state index in [2.05, 4.69) is 67.5 Å². The maximum absolute atomic E-state index is 12.6. The summed E-state index contributed by atoms with van der Waals surface area (Å²) in [4.78, 5) is 29.6. The number of benzene rings is 1. The Morgan fingerprint density at radius 3 is 2.62 bits per heavy atom. The Morgan fingerprint density at radius 1 is 1.14 bits per heavy atom. The summed E-state index contributed by atoms with van der Waals surface area (Å²) in [5.41, 5.74) is 10.2. The largest absolute Gasteiger partial charge is 0.341 e. The van der Waals surface area contributed by atoms with Crippen LogP contribution in [0.3, 0.4) is 0 Å². The predicted molar refractivity (Wildman–Crippen MR) is 152 cm³/mol. The molecule has 8 nitrogen and oxygen atoms in total. The molecule has 3 N–H and O–H groups in total. The van der Waals surface area contributed by atoms with Crippen LogP contribution in [0.25, 0.3) is 10.3 Å². The molecule has 0 unspecified atom stereocenters. The zero-order chi connectivity index (χ0) is 26.0. The van der Waals surface area contributed by atoms with Gasteiger partial charge in [-0.1, -0.05) is 29.0 Å². The number of thiazole rings is 1. The van der Waals surface area contributed by atoms with Crippen LogP contribution in [-0.4, -0.2) is 58.0 Å². The fourth-order valence-electron chi connectivity index (χ4n) is 5.04. The van der Waals surface area contributed by atoms with Crippen molar-refractivity contribution >= 4 is 50.0 Å². The third-order valence-electron chi connectivity index (χ3n) is 7.28. The summed E-state index contributed by atoms with van der Waals surface area (Å²) in [6.45, 7) is 9.69. The Kier molecular flexibility index (Phi) is 7.19. The minimum absolute atomic E-state index is 0.0854. The molecule has 0 aliphatic carbocycles. The standard InChI is InChI=1S/C28H34N7OS/c1-4-35(5-2,22-8-6-19(3)7-9-22)25-11-10-23-27(33-25)37-28(31-23)32-24-16-20(12-14-30-24)17-26(36)34-15-13-21(29)18-34/h6-12,14,16,21H,4-5,13,15,17-18,29H2,1-3H3,(H,30,31,32)/q+1/t21-/m0/s1. The average molecular weight is 517 g/mol. The third kappa shape index (κ3) is 5.20. The molecule has 0 bridgehead atoms. The molecule has 1 aliphatic rings. The Balaban J connectivity index is 1.36. The number of likely N-dealkylation sites (tertiary alicyclic amines) is 1. The second-order valence-corrected chi connectivity index (χ2v) is 10.7. The fraction of sp³-hybridized carbons (Fsp3) is 0.357. The lowest BCUT2D eigenvalue weighted by Gasteiger charge is -2.34. The Morgan fingerprint density at radius 2 is 1.92 bits per heavy atom. The number of quaternary nitrogens is 1. The van der Waals surface area contributed by atoms with Crippen molar-refractivity contribution in [3.63, 3.8) is 0 Å². The molecule has 1 aliphatic heterocycles. The van der Waals surface area contributed by atoms with E-state index < -0.39 is 0 Å². The number of amides is 1. The van der Waals surface area contributed by atoms with Crippen LogP contribution in [-0.2, 0) is 11.2 Å². The maximum Gasteiger partial charge on any atom is 0.234 e. The minimum atomic E-state index is 0.0854. The van der Waals surface area contributed by atoms with Gasteiger partial charge in [0.05, 0.1) is 19.5 Å². The number of nitrogens with zero attached hydrogens (tertiary/aromatic N) is 5. The number of hydrogen-bond donors (Lipinski definition) is 2. The molecule has 1 fully saturated rings. The molecule has 192 valence electrons. The number of hydrogen-bond acceptors (Lipinski definition) is 7. The lowest BCUT2D eigenvalue weighted by Crippen LogP contribution is -2.44. The van der Waals surface area contributed by atoms with Gasteiger partial charge in [0.1, 0.15) is 17.0 Å². The second kappa shape index (κ2) is 10.5. The zero-order valence-corrected chi connectivity index (χ0v) is 22.5. The first-order valence-corrected chi connectivity index (χ1v) is 13.7. The van der Waals surface area contributed by atoms with Gasteiger partial charge in [-0.15, -0.1) is 0 Å². The van der Waals surface area contributed by atoms with Crippen molar-refractivity contribution in [2.75, 3.05) is 31.5 Å². The van der Waals surface area contributed by atoms with Crippen LogP contribution in [0.1, 0.15) is 31.4 Å². The van der Waals surface area contributed by atoms with Crippen LogP contribution in [0, 0.1) is 6.92 Å². The van der Waals surface area contributed by atoms with E-state index in [4.69, 9.17) is 15.7 Å². The van der Waals surface area contributed by atoms with Crippen molar-refractivity contribution in [1.82, 2.24) is 24.3 Å². The monoisotopic (exact) mass is 516 g/mol. The van der Waals surface area contributed by atoms with E-state index in [-0.39, 0.29) is 11.9 Å². The normalized spacial score (nSPS) is 15.9. The molecule has 1 saturated heterocycles. The van der Waals surface area contributed by atoms with Gasteiger partial charge in [-0.05, 0) is 63.1 Å². The first-order chi connectivity index (χ1) is 17.9. The van der Waals surface area contributed by atoms with Gasteiger partial charge in [-0.2, -0.15) is 4.98 Å². The molecule has 0 saturated carbocycles. The van der Waals surface area contributed by atoms with Crippen LogP contribution in [0.2, 0.25) is 0 Å². The van der Waals surface area contributed by atoms with E-state index in [9.17, 15) is 4.79 Å². The first kappa shape index (κ1) is 25.3. The van der Waals surface area contributed by atoms with Gasteiger partial charge in [0.25, 0.3) is 0 Å². The molecule has 4 heterocycles. The number of aromatic nitrogens is 3. The number of pyridine rings is 2. The molecule has 0 spiro atoms. The van der Waals surface area contributed by atoms with Gasteiger partial charge in [-0.25, -0.2) is 14.5 Å². The van der Waals surface area contributed by atoms with Crippen molar-refractivity contribution in [2.24, 2.45) is 5.73 Å². The lowest BCUT2D eigenvalue weighted by atomic mass is 10.1. The summed E-state index contributed by atoms with van der Waals surface area (Å²) < 4.78 is 0.677. The number of carbonyl (C=O) groups excluding carboxylic acids is 1. The Hall–Kier alpha value is -3.40. The van der Waals surface area contributed by atoms with Crippen LogP contribution in [0.5, 0.6) is 0 Å². The summed E-state index contributed by atoms with van der Waals surface area (Å²) in [7, 11) is 0. The van der Waals surface area contributed by atoms with E-state index >= 15 is 0 Å². The molecule has 1 aromatic carbocycles. The second-order valence-electron chi connectivity index (χ2n) is 9.69. The van der Waals surface area contributed by atoms with Gasteiger partial charge in [0, 0.05) is 31.4 Å². The van der Waals surface area contributed by atoms with Crippen molar-refractivity contribution in [1.29, 1.82) is 0 Å². The number of carbonyl (C=O) groups is 1. The minimum Gasteiger partial charge on any atom is -0.341 e. The third-order valence-corrected chi connectivity index (χ3v) is 8.16. The average Bonchev–Trinajstić information content (AvgIpc) is 3.51. The number of nitrogens with two attached hydrogens (primary N) is 1. The smallest absolute Gasteiger partial charge is 0.234 e. The maximum atomic E-state index is 12.6. The Bertz CT molecular complexity index is 1400. The first-order valence-electron chi connectivity index (χ1n) is 12.9. The van der Waals surface area contributed by atoms with Gasteiger partial charge in [0.2, 0.25) is 11.7 Å². The molecule has 5 rings (SSSR count). The molecule has 1 amide bonds. The van der Waals surface area contributed by atoms with Gasteiger partial charge in [-0.3, -0.25) is 4.79 Å².